The molecule has 1 saturated heterocycles. The minimum atomic E-state index is -0.299. The van der Waals surface area contributed by atoms with E-state index in [2.05, 4.69) is 13.5 Å². The lowest BCUT2D eigenvalue weighted by Gasteiger charge is -2.41. The standard InChI is InChI=1S/C14H16O3/c1-8-9-6-10-11(15)4-3-5-14(10,2)7-12(9)17-13(8)16/h6,9,12H,1,3-5,7H2,2H3. The fraction of sp³-hybridized carbons (Fsp3) is 0.571. The van der Waals surface area contributed by atoms with Gasteiger partial charge in [0, 0.05) is 17.9 Å². The van der Waals surface area contributed by atoms with Crippen LogP contribution in [-0.4, -0.2) is 17.9 Å². The van der Waals surface area contributed by atoms with Crippen molar-refractivity contribution < 1.29 is 14.3 Å². The Morgan fingerprint density at radius 2 is 2.24 bits per heavy atom. The third kappa shape index (κ3) is 1.41. The molecular formula is C14H16O3. The third-order valence-corrected chi connectivity index (χ3v) is 4.40. The number of hydrogen-bond acceptors (Lipinski definition) is 3. The van der Waals surface area contributed by atoms with Gasteiger partial charge in [-0.3, -0.25) is 4.79 Å². The molecule has 3 aliphatic rings. The Labute approximate surface area is 101 Å². The summed E-state index contributed by atoms with van der Waals surface area (Å²) in [7, 11) is 0. The predicted octanol–water partition coefficient (Wildman–Crippen LogP) is 2.17. The highest BCUT2D eigenvalue weighted by Gasteiger charge is 2.49. The molecule has 1 saturated carbocycles. The number of fused-ring (bicyclic) bond motifs is 2. The number of ether oxygens (including phenoxy) is 1. The number of carbonyl (C=O) groups excluding carboxylic acids is 2. The lowest BCUT2D eigenvalue weighted by molar-refractivity contribution is -0.140. The quantitative estimate of drug-likeness (QED) is 0.475. The molecule has 0 radical (unpaired) electrons. The number of esters is 1. The number of ketones is 1. The molecule has 0 aromatic rings. The number of hydrogen-bond donors (Lipinski definition) is 0. The normalized spacial score (nSPS) is 40.5. The molecule has 17 heavy (non-hydrogen) atoms. The van der Waals surface area contributed by atoms with E-state index in [0.29, 0.717) is 12.0 Å². The molecule has 0 bridgehead atoms. The Bertz CT molecular complexity index is 460. The summed E-state index contributed by atoms with van der Waals surface area (Å²) in [5.74, 6) is -0.136. The van der Waals surface area contributed by atoms with Gasteiger partial charge in [-0.2, -0.15) is 0 Å². The van der Waals surface area contributed by atoms with E-state index in [1.165, 1.54) is 0 Å². The lowest BCUT2D eigenvalue weighted by Crippen LogP contribution is -2.38. The van der Waals surface area contributed by atoms with Gasteiger partial charge in [-0.05, 0) is 30.3 Å². The molecule has 0 aromatic heterocycles. The Balaban J connectivity index is 2.04. The number of rotatable bonds is 0. The summed E-state index contributed by atoms with van der Waals surface area (Å²) < 4.78 is 5.33. The van der Waals surface area contributed by atoms with Crippen molar-refractivity contribution in [2.24, 2.45) is 11.3 Å². The zero-order valence-electron chi connectivity index (χ0n) is 9.99. The average Bonchev–Trinajstić information content (AvgIpc) is 2.52. The van der Waals surface area contributed by atoms with Crippen LogP contribution in [-0.2, 0) is 14.3 Å². The molecule has 1 aliphatic heterocycles. The number of allylic oxidation sites excluding steroid dienone is 1. The Morgan fingerprint density at radius 1 is 1.47 bits per heavy atom. The van der Waals surface area contributed by atoms with Gasteiger partial charge >= 0.3 is 5.97 Å². The van der Waals surface area contributed by atoms with Gasteiger partial charge in [0.25, 0.3) is 0 Å². The minimum absolute atomic E-state index is 0.0763. The van der Waals surface area contributed by atoms with E-state index >= 15 is 0 Å². The largest absolute Gasteiger partial charge is 0.458 e. The second-order valence-corrected chi connectivity index (χ2v) is 5.62. The molecule has 2 aliphatic carbocycles. The summed E-state index contributed by atoms with van der Waals surface area (Å²) in [4.78, 5) is 23.5. The maximum absolute atomic E-state index is 12.0. The number of carbonyl (C=O) groups is 2. The zero-order chi connectivity index (χ0) is 12.2. The van der Waals surface area contributed by atoms with Crippen LogP contribution in [0.4, 0.5) is 0 Å². The zero-order valence-corrected chi connectivity index (χ0v) is 9.99. The van der Waals surface area contributed by atoms with Gasteiger partial charge in [0.05, 0.1) is 0 Å². The average molecular weight is 232 g/mol. The van der Waals surface area contributed by atoms with Crippen LogP contribution in [0.5, 0.6) is 0 Å². The molecular weight excluding hydrogens is 216 g/mol. The lowest BCUT2D eigenvalue weighted by atomic mass is 9.62. The van der Waals surface area contributed by atoms with E-state index in [9.17, 15) is 9.59 Å². The molecule has 3 nitrogen and oxygen atoms in total. The molecule has 1 heterocycles. The summed E-state index contributed by atoms with van der Waals surface area (Å²) in [5.41, 5.74) is 1.31. The second-order valence-electron chi connectivity index (χ2n) is 5.62. The van der Waals surface area contributed by atoms with Crippen molar-refractivity contribution in [1.82, 2.24) is 0 Å². The van der Waals surface area contributed by atoms with E-state index < -0.39 is 0 Å². The van der Waals surface area contributed by atoms with E-state index in [0.717, 1.165) is 24.8 Å². The van der Waals surface area contributed by atoms with Gasteiger partial charge in [-0.25, -0.2) is 4.79 Å². The first kappa shape index (κ1) is 10.8. The Morgan fingerprint density at radius 3 is 3.00 bits per heavy atom. The van der Waals surface area contributed by atoms with Crippen LogP contribution in [0.3, 0.4) is 0 Å². The topological polar surface area (TPSA) is 43.4 Å². The van der Waals surface area contributed by atoms with Crippen molar-refractivity contribution in [2.45, 2.75) is 38.7 Å². The highest BCUT2D eigenvalue weighted by molar-refractivity contribution is 5.99. The van der Waals surface area contributed by atoms with E-state index in [-0.39, 0.29) is 29.2 Å². The first-order valence-electron chi connectivity index (χ1n) is 6.16. The van der Waals surface area contributed by atoms with Crippen LogP contribution in [0.1, 0.15) is 32.6 Å². The van der Waals surface area contributed by atoms with Crippen LogP contribution in [0.25, 0.3) is 0 Å². The molecule has 0 amide bonds. The maximum atomic E-state index is 12.0. The minimum Gasteiger partial charge on any atom is -0.458 e. The van der Waals surface area contributed by atoms with Gasteiger partial charge in [0.2, 0.25) is 0 Å². The first-order chi connectivity index (χ1) is 8.01. The fourth-order valence-corrected chi connectivity index (χ4v) is 3.40. The third-order valence-electron chi connectivity index (χ3n) is 4.40. The SMILES string of the molecule is C=C1C(=O)OC2CC3(C)CCCC(=O)C3=CC12. The van der Waals surface area contributed by atoms with Crippen molar-refractivity contribution in [3.05, 3.63) is 23.8 Å². The molecule has 0 N–H and O–H groups in total. The van der Waals surface area contributed by atoms with Crippen LogP contribution < -0.4 is 0 Å². The van der Waals surface area contributed by atoms with Crippen molar-refractivity contribution >= 4 is 11.8 Å². The first-order valence-corrected chi connectivity index (χ1v) is 6.16. The van der Waals surface area contributed by atoms with E-state index in [1.54, 1.807) is 0 Å². The molecule has 3 heteroatoms. The van der Waals surface area contributed by atoms with Crippen LogP contribution in [0.2, 0.25) is 0 Å². The van der Waals surface area contributed by atoms with Gasteiger partial charge in [0.15, 0.2) is 5.78 Å². The van der Waals surface area contributed by atoms with Crippen LogP contribution >= 0.6 is 0 Å². The molecule has 2 fully saturated rings. The van der Waals surface area contributed by atoms with Crippen LogP contribution in [0.15, 0.2) is 23.8 Å². The monoisotopic (exact) mass is 232 g/mol. The molecule has 0 aromatic carbocycles. The Hall–Kier alpha value is -1.38. The van der Waals surface area contributed by atoms with E-state index in [4.69, 9.17) is 4.74 Å². The molecule has 0 spiro atoms. The summed E-state index contributed by atoms with van der Waals surface area (Å²) >= 11 is 0. The highest BCUT2D eigenvalue weighted by atomic mass is 16.6. The summed E-state index contributed by atoms with van der Waals surface area (Å²) in [6.45, 7) is 5.89. The molecule has 3 atom stereocenters. The van der Waals surface area contributed by atoms with E-state index in [1.807, 2.05) is 6.08 Å². The summed E-state index contributed by atoms with van der Waals surface area (Å²) in [6.07, 6.45) is 5.20. The smallest absolute Gasteiger partial charge is 0.334 e. The van der Waals surface area contributed by atoms with Gasteiger partial charge in [-0.1, -0.05) is 19.6 Å². The second kappa shape index (κ2) is 3.31. The molecule has 90 valence electrons. The summed E-state index contributed by atoms with van der Waals surface area (Å²) in [5, 5.41) is 0. The molecule has 3 rings (SSSR count). The van der Waals surface area contributed by atoms with Gasteiger partial charge in [-0.15, -0.1) is 0 Å². The molecule has 3 unspecified atom stereocenters. The van der Waals surface area contributed by atoms with Gasteiger partial charge < -0.3 is 4.74 Å². The Kier molecular flexibility index (Phi) is 2.09. The van der Waals surface area contributed by atoms with Crippen molar-refractivity contribution in [3.63, 3.8) is 0 Å². The van der Waals surface area contributed by atoms with Crippen molar-refractivity contribution in [1.29, 1.82) is 0 Å². The summed E-state index contributed by atoms with van der Waals surface area (Å²) in [6, 6.07) is 0. The fourth-order valence-electron chi connectivity index (χ4n) is 3.40. The van der Waals surface area contributed by atoms with Crippen LogP contribution in [0, 0.1) is 11.3 Å². The highest BCUT2D eigenvalue weighted by Crippen LogP contribution is 2.50. The predicted molar refractivity (Wildman–Crippen MR) is 62.2 cm³/mol. The van der Waals surface area contributed by atoms with Gasteiger partial charge in [0.1, 0.15) is 6.10 Å². The number of Topliss-reactive ketones (excluding diaryl/α,β-unsaturated/α-hetero) is 1. The maximum Gasteiger partial charge on any atom is 0.334 e. The van der Waals surface area contributed by atoms with Crippen molar-refractivity contribution in [2.75, 3.05) is 0 Å². The van der Waals surface area contributed by atoms with Crippen molar-refractivity contribution in [3.8, 4) is 0 Å².